The Morgan fingerprint density at radius 3 is 2.35 bits per heavy atom. The van der Waals surface area contributed by atoms with Gasteiger partial charge in [-0.15, -0.1) is 0 Å². The number of hydrogen-bond donors (Lipinski definition) is 0. The van der Waals surface area contributed by atoms with E-state index in [9.17, 15) is 0 Å². The van der Waals surface area contributed by atoms with Gasteiger partial charge in [-0.25, -0.2) is 0 Å². The van der Waals surface area contributed by atoms with Gasteiger partial charge < -0.3 is 0 Å². The second kappa shape index (κ2) is 6.20. The first kappa shape index (κ1) is 12.6. The number of rotatable bonds is 4. The lowest BCUT2D eigenvalue weighted by molar-refractivity contribution is 0.172. The Kier molecular flexibility index (Phi) is 4.61. The summed E-state index contributed by atoms with van der Waals surface area (Å²) in [6.07, 6.45) is 5.58. The zero-order chi connectivity index (χ0) is 12.1. The molecule has 1 nitrogen and oxygen atoms in total. The van der Waals surface area contributed by atoms with E-state index in [1.807, 2.05) is 0 Å². The average molecular weight is 231 g/mol. The summed E-state index contributed by atoms with van der Waals surface area (Å²) in [5.41, 5.74) is 2.82. The topological polar surface area (TPSA) is 3.24 Å². The Balaban J connectivity index is 1.79. The van der Waals surface area contributed by atoms with Crippen LogP contribution in [0.5, 0.6) is 0 Å². The summed E-state index contributed by atoms with van der Waals surface area (Å²) in [6, 6.07) is 8.99. The van der Waals surface area contributed by atoms with Gasteiger partial charge in [0, 0.05) is 6.54 Å². The standard InChI is InChI=1S/C16H25N/c1-3-4-15-9-11-17(12-10-15)13-16-7-5-14(2)6-8-16/h5-8,15H,3-4,9-13H2,1-2H3. The van der Waals surface area contributed by atoms with Crippen molar-refractivity contribution in [3.63, 3.8) is 0 Å². The maximum atomic E-state index is 2.61. The molecule has 0 radical (unpaired) electrons. The lowest BCUT2D eigenvalue weighted by Crippen LogP contribution is -2.33. The predicted octanol–water partition coefficient (Wildman–Crippen LogP) is 4.01. The maximum Gasteiger partial charge on any atom is 0.0233 e. The third-order valence-electron chi connectivity index (χ3n) is 3.93. The molecule has 2 rings (SSSR count). The van der Waals surface area contributed by atoms with Gasteiger partial charge in [-0.05, 0) is 44.3 Å². The zero-order valence-corrected chi connectivity index (χ0v) is 11.3. The van der Waals surface area contributed by atoms with E-state index >= 15 is 0 Å². The number of piperidine rings is 1. The zero-order valence-electron chi connectivity index (χ0n) is 11.3. The van der Waals surface area contributed by atoms with E-state index < -0.39 is 0 Å². The maximum absolute atomic E-state index is 2.61. The molecule has 94 valence electrons. The molecule has 0 atom stereocenters. The molecule has 0 N–H and O–H groups in total. The monoisotopic (exact) mass is 231 g/mol. The van der Waals surface area contributed by atoms with Gasteiger partial charge in [-0.2, -0.15) is 0 Å². The van der Waals surface area contributed by atoms with Crippen molar-refractivity contribution in [1.82, 2.24) is 4.90 Å². The number of hydrogen-bond acceptors (Lipinski definition) is 1. The van der Waals surface area contributed by atoms with Crippen LogP contribution in [0.1, 0.15) is 43.7 Å². The lowest BCUT2D eigenvalue weighted by Gasteiger charge is -2.31. The minimum absolute atomic E-state index is 0.995. The smallest absolute Gasteiger partial charge is 0.0233 e. The molecule has 1 aromatic carbocycles. The van der Waals surface area contributed by atoms with Crippen LogP contribution in [0, 0.1) is 12.8 Å². The van der Waals surface area contributed by atoms with E-state index in [1.54, 1.807) is 0 Å². The molecular weight excluding hydrogens is 206 g/mol. The number of nitrogens with zero attached hydrogens (tertiary/aromatic N) is 1. The molecule has 0 unspecified atom stereocenters. The van der Waals surface area contributed by atoms with E-state index in [2.05, 4.69) is 43.0 Å². The van der Waals surface area contributed by atoms with Gasteiger partial charge in [0.05, 0.1) is 0 Å². The molecule has 1 saturated heterocycles. The van der Waals surface area contributed by atoms with Crippen molar-refractivity contribution >= 4 is 0 Å². The fourth-order valence-electron chi connectivity index (χ4n) is 2.79. The predicted molar refractivity (Wildman–Crippen MR) is 74.1 cm³/mol. The van der Waals surface area contributed by atoms with Crippen LogP contribution in [0.25, 0.3) is 0 Å². The van der Waals surface area contributed by atoms with Crippen LogP contribution in [0.4, 0.5) is 0 Å². The SMILES string of the molecule is CCCC1CCN(Cc2ccc(C)cc2)CC1. The number of benzene rings is 1. The second-order valence-corrected chi connectivity index (χ2v) is 5.49. The number of likely N-dealkylation sites (tertiary alicyclic amines) is 1. The summed E-state index contributed by atoms with van der Waals surface area (Å²) < 4.78 is 0. The molecule has 0 aliphatic carbocycles. The first-order valence-electron chi connectivity index (χ1n) is 7.06. The van der Waals surface area contributed by atoms with Gasteiger partial charge in [0.25, 0.3) is 0 Å². The first-order chi connectivity index (χ1) is 8.28. The Labute approximate surface area is 106 Å². The third-order valence-corrected chi connectivity index (χ3v) is 3.93. The lowest BCUT2D eigenvalue weighted by atomic mass is 9.92. The van der Waals surface area contributed by atoms with Crippen LogP contribution in [-0.4, -0.2) is 18.0 Å². The Hall–Kier alpha value is -0.820. The number of aryl methyl sites for hydroxylation is 1. The molecular formula is C16H25N. The fourth-order valence-corrected chi connectivity index (χ4v) is 2.79. The second-order valence-electron chi connectivity index (χ2n) is 5.49. The fraction of sp³-hybridized carbons (Fsp3) is 0.625. The molecule has 0 bridgehead atoms. The van der Waals surface area contributed by atoms with Gasteiger partial charge >= 0.3 is 0 Å². The van der Waals surface area contributed by atoms with Gasteiger partial charge in [0.2, 0.25) is 0 Å². The molecule has 1 aliphatic rings. The van der Waals surface area contributed by atoms with Crippen molar-refractivity contribution in [2.75, 3.05) is 13.1 Å². The molecule has 1 heteroatoms. The van der Waals surface area contributed by atoms with E-state index in [0.29, 0.717) is 0 Å². The highest BCUT2D eigenvalue weighted by atomic mass is 15.1. The van der Waals surface area contributed by atoms with Crippen molar-refractivity contribution in [2.45, 2.75) is 46.1 Å². The van der Waals surface area contributed by atoms with Crippen molar-refractivity contribution in [3.05, 3.63) is 35.4 Å². The quantitative estimate of drug-likeness (QED) is 0.757. The molecule has 1 heterocycles. The van der Waals surface area contributed by atoms with Crippen molar-refractivity contribution < 1.29 is 0 Å². The highest BCUT2D eigenvalue weighted by molar-refractivity contribution is 5.21. The van der Waals surface area contributed by atoms with Crippen molar-refractivity contribution in [2.24, 2.45) is 5.92 Å². The first-order valence-corrected chi connectivity index (χ1v) is 7.06. The third kappa shape index (κ3) is 3.85. The summed E-state index contributed by atoms with van der Waals surface area (Å²) in [7, 11) is 0. The summed E-state index contributed by atoms with van der Waals surface area (Å²) in [6.45, 7) is 8.18. The van der Waals surface area contributed by atoms with Gasteiger partial charge in [0.15, 0.2) is 0 Å². The summed E-state index contributed by atoms with van der Waals surface area (Å²) >= 11 is 0. The molecule has 0 spiro atoms. The van der Waals surface area contributed by atoms with Crippen molar-refractivity contribution in [1.29, 1.82) is 0 Å². The van der Waals surface area contributed by atoms with Crippen LogP contribution < -0.4 is 0 Å². The normalized spacial score (nSPS) is 18.5. The van der Waals surface area contributed by atoms with Gasteiger partial charge in [-0.3, -0.25) is 4.90 Å². The molecule has 0 aromatic heterocycles. The Morgan fingerprint density at radius 2 is 1.76 bits per heavy atom. The van der Waals surface area contributed by atoms with Crippen LogP contribution in [-0.2, 0) is 6.54 Å². The molecule has 17 heavy (non-hydrogen) atoms. The molecule has 1 aliphatic heterocycles. The molecule has 0 saturated carbocycles. The van der Waals surface area contributed by atoms with E-state index in [0.717, 1.165) is 12.5 Å². The van der Waals surface area contributed by atoms with Crippen LogP contribution in [0.15, 0.2) is 24.3 Å². The highest BCUT2D eigenvalue weighted by Crippen LogP contribution is 2.22. The molecule has 1 fully saturated rings. The van der Waals surface area contributed by atoms with Crippen LogP contribution in [0.3, 0.4) is 0 Å². The molecule has 0 amide bonds. The summed E-state index contributed by atoms with van der Waals surface area (Å²) in [5, 5.41) is 0. The van der Waals surface area contributed by atoms with E-state index in [1.165, 1.54) is 49.9 Å². The largest absolute Gasteiger partial charge is 0.299 e. The van der Waals surface area contributed by atoms with Crippen molar-refractivity contribution in [3.8, 4) is 0 Å². The van der Waals surface area contributed by atoms with Gasteiger partial charge in [0.1, 0.15) is 0 Å². The van der Waals surface area contributed by atoms with E-state index in [-0.39, 0.29) is 0 Å². The Bertz CT molecular complexity index is 320. The minimum Gasteiger partial charge on any atom is -0.299 e. The van der Waals surface area contributed by atoms with Crippen LogP contribution >= 0.6 is 0 Å². The van der Waals surface area contributed by atoms with E-state index in [4.69, 9.17) is 0 Å². The molecule has 1 aromatic rings. The summed E-state index contributed by atoms with van der Waals surface area (Å²) in [4.78, 5) is 2.61. The van der Waals surface area contributed by atoms with Gasteiger partial charge in [-0.1, -0.05) is 49.6 Å². The Morgan fingerprint density at radius 1 is 1.12 bits per heavy atom. The van der Waals surface area contributed by atoms with Crippen LogP contribution in [0.2, 0.25) is 0 Å². The summed E-state index contributed by atoms with van der Waals surface area (Å²) in [5.74, 6) is 0.995. The highest BCUT2D eigenvalue weighted by Gasteiger charge is 2.18. The average Bonchev–Trinajstić information content (AvgIpc) is 2.35. The minimum atomic E-state index is 0.995.